The van der Waals surface area contributed by atoms with E-state index in [4.69, 9.17) is 14.7 Å². The van der Waals surface area contributed by atoms with E-state index in [1.165, 1.54) is 25.0 Å². The first-order valence-corrected chi connectivity index (χ1v) is 6.77. The topological polar surface area (TPSA) is 50.7 Å². The van der Waals surface area contributed by atoms with Crippen LogP contribution in [0.1, 0.15) is 32.1 Å². The lowest BCUT2D eigenvalue weighted by Gasteiger charge is -2.06. The molecule has 1 rings (SSSR count). The lowest BCUT2D eigenvalue weighted by Crippen LogP contribution is -2.13. The molecule has 0 aromatic heterocycles. The van der Waals surface area contributed by atoms with Crippen LogP contribution >= 0.6 is 11.8 Å². The SMILES string of the molecule is OCCCCCCCSCC1OCNO1. The molecule has 0 aromatic carbocycles. The second-order valence-electron chi connectivity index (χ2n) is 3.57. The first-order valence-electron chi connectivity index (χ1n) is 5.62. The Balaban J connectivity index is 1.73. The van der Waals surface area contributed by atoms with E-state index in [-0.39, 0.29) is 6.29 Å². The van der Waals surface area contributed by atoms with Gasteiger partial charge in [-0.15, -0.1) is 0 Å². The van der Waals surface area contributed by atoms with Crippen molar-refractivity contribution in [2.24, 2.45) is 0 Å². The second-order valence-corrected chi connectivity index (χ2v) is 4.72. The summed E-state index contributed by atoms with van der Waals surface area (Å²) in [6, 6.07) is 0. The van der Waals surface area contributed by atoms with Gasteiger partial charge in [0.2, 0.25) is 0 Å². The largest absolute Gasteiger partial charge is 0.396 e. The van der Waals surface area contributed by atoms with Crippen LogP contribution in [0.15, 0.2) is 0 Å². The fourth-order valence-electron chi connectivity index (χ4n) is 1.40. The molecule has 0 aliphatic carbocycles. The van der Waals surface area contributed by atoms with E-state index in [9.17, 15) is 0 Å². The molecule has 4 nitrogen and oxygen atoms in total. The van der Waals surface area contributed by atoms with Gasteiger partial charge >= 0.3 is 0 Å². The number of hydroxylamine groups is 1. The van der Waals surface area contributed by atoms with Crippen LogP contribution in [0.5, 0.6) is 0 Å². The normalized spacial score (nSPS) is 21.0. The number of aliphatic hydroxyl groups excluding tert-OH is 1. The molecule has 2 N–H and O–H groups in total. The van der Waals surface area contributed by atoms with Gasteiger partial charge in [-0.05, 0) is 18.6 Å². The summed E-state index contributed by atoms with van der Waals surface area (Å²) in [4.78, 5) is 5.09. The van der Waals surface area contributed by atoms with E-state index in [1.807, 2.05) is 11.8 Å². The van der Waals surface area contributed by atoms with Gasteiger partial charge < -0.3 is 9.84 Å². The molecule has 15 heavy (non-hydrogen) atoms. The molecular weight excluding hydrogens is 214 g/mol. The number of nitrogens with one attached hydrogen (secondary N) is 1. The molecule has 0 spiro atoms. The van der Waals surface area contributed by atoms with E-state index in [1.54, 1.807) is 0 Å². The summed E-state index contributed by atoms with van der Waals surface area (Å²) in [7, 11) is 0. The molecule has 0 saturated carbocycles. The Hall–Kier alpha value is 0.190. The molecule has 0 aromatic rings. The number of aliphatic hydroxyl groups is 1. The van der Waals surface area contributed by atoms with Crippen LogP contribution < -0.4 is 5.48 Å². The van der Waals surface area contributed by atoms with Crippen molar-refractivity contribution in [2.45, 2.75) is 38.4 Å². The van der Waals surface area contributed by atoms with E-state index in [0.717, 1.165) is 18.6 Å². The zero-order valence-electron chi connectivity index (χ0n) is 9.11. The van der Waals surface area contributed by atoms with Crippen molar-refractivity contribution >= 4 is 11.8 Å². The molecular formula is C10H21NO3S. The van der Waals surface area contributed by atoms with Crippen LogP contribution in [-0.4, -0.2) is 36.2 Å². The summed E-state index contributed by atoms with van der Waals surface area (Å²) >= 11 is 1.87. The Bertz CT molecular complexity index is 143. The first-order chi connectivity index (χ1) is 7.43. The van der Waals surface area contributed by atoms with Crippen molar-refractivity contribution in [3.05, 3.63) is 0 Å². The van der Waals surface area contributed by atoms with Crippen molar-refractivity contribution < 1.29 is 14.7 Å². The zero-order chi connectivity index (χ0) is 10.8. The molecule has 0 radical (unpaired) electrons. The summed E-state index contributed by atoms with van der Waals surface area (Å²) < 4.78 is 5.23. The fraction of sp³-hybridized carbons (Fsp3) is 1.00. The van der Waals surface area contributed by atoms with Gasteiger partial charge in [-0.3, -0.25) is 4.84 Å². The quantitative estimate of drug-likeness (QED) is 0.593. The number of ether oxygens (including phenoxy) is 1. The Morgan fingerprint density at radius 3 is 2.73 bits per heavy atom. The number of thioether (sulfide) groups is 1. The molecule has 90 valence electrons. The minimum atomic E-state index is -0.0654. The van der Waals surface area contributed by atoms with Crippen molar-refractivity contribution in [3.63, 3.8) is 0 Å². The molecule has 1 aliphatic heterocycles. The number of hydrogen-bond acceptors (Lipinski definition) is 5. The van der Waals surface area contributed by atoms with E-state index in [2.05, 4.69) is 5.48 Å². The minimum absolute atomic E-state index is 0.0654. The van der Waals surface area contributed by atoms with E-state index >= 15 is 0 Å². The van der Waals surface area contributed by atoms with Gasteiger partial charge in [0.15, 0.2) is 6.29 Å². The highest BCUT2D eigenvalue weighted by molar-refractivity contribution is 7.99. The Morgan fingerprint density at radius 2 is 2.00 bits per heavy atom. The zero-order valence-corrected chi connectivity index (χ0v) is 9.93. The Kier molecular flexibility index (Phi) is 8.32. The third-order valence-electron chi connectivity index (χ3n) is 2.24. The maximum atomic E-state index is 8.59. The number of rotatable bonds is 9. The maximum absolute atomic E-state index is 8.59. The summed E-state index contributed by atoms with van der Waals surface area (Å²) in [5.41, 5.74) is 2.69. The third-order valence-corrected chi connectivity index (χ3v) is 3.33. The third kappa shape index (κ3) is 7.14. The summed E-state index contributed by atoms with van der Waals surface area (Å²) in [5.74, 6) is 2.08. The van der Waals surface area contributed by atoms with E-state index < -0.39 is 0 Å². The lowest BCUT2D eigenvalue weighted by molar-refractivity contribution is -0.0440. The number of unbranched alkanes of at least 4 members (excludes halogenated alkanes) is 4. The van der Waals surface area contributed by atoms with Gasteiger partial charge in [0.25, 0.3) is 0 Å². The van der Waals surface area contributed by atoms with Gasteiger partial charge in [-0.25, -0.2) is 0 Å². The smallest absolute Gasteiger partial charge is 0.188 e. The second kappa shape index (κ2) is 9.42. The highest BCUT2D eigenvalue weighted by atomic mass is 32.2. The molecule has 1 atom stereocenters. The number of hydrogen-bond donors (Lipinski definition) is 2. The summed E-state index contributed by atoms with van der Waals surface area (Å²) in [5, 5.41) is 8.59. The standard InChI is InChI=1S/C10H21NO3S/c12-6-4-2-1-3-5-7-15-8-10-13-9-11-14-10/h10-12H,1-9H2. The lowest BCUT2D eigenvalue weighted by atomic mass is 10.2. The Morgan fingerprint density at radius 1 is 1.20 bits per heavy atom. The molecule has 1 fully saturated rings. The van der Waals surface area contributed by atoms with Crippen LogP contribution in [0.2, 0.25) is 0 Å². The van der Waals surface area contributed by atoms with Gasteiger partial charge in [-0.2, -0.15) is 17.2 Å². The van der Waals surface area contributed by atoms with E-state index in [0.29, 0.717) is 13.3 Å². The van der Waals surface area contributed by atoms with Crippen LogP contribution in [0, 0.1) is 0 Å². The fourth-order valence-corrected chi connectivity index (χ4v) is 2.33. The van der Waals surface area contributed by atoms with Crippen molar-refractivity contribution in [1.29, 1.82) is 0 Å². The van der Waals surface area contributed by atoms with Crippen molar-refractivity contribution in [1.82, 2.24) is 5.48 Å². The van der Waals surface area contributed by atoms with Gasteiger partial charge in [0, 0.05) is 12.4 Å². The highest BCUT2D eigenvalue weighted by Crippen LogP contribution is 2.12. The summed E-state index contributed by atoms with van der Waals surface area (Å²) in [6.07, 6.45) is 5.78. The first kappa shape index (κ1) is 13.3. The molecule has 1 heterocycles. The molecule has 5 heteroatoms. The van der Waals surface area contributed by atoms with Crippen LogP contribution in [0.4, 0.5) is 0 Å². The highest BCUT2D eigenvalue weighted by Gasteiger charge is 2.14. The average molecular weight is 235 g/mol. The monoisotopic (exact) mass is 235 g/mol. The maximum Gasteiger partial charge on any atom is 0.188 e. The van der Waals surface area contributed by atoms with Crippen LogP contribution in [0.3, 0.4) is 0 Å². The van der Waals surface area contributed by atoms with Gasteiger partial charge in [0.1, 0.15) is 6.73 Å². The van der Waals surface area contributed by atoms with Crippen LogP contribution in [-0.2, 0) is 9.57 Å². The van der Waals surface area contributed by atoms with Gasteiger partial charge in [-0.1, -0.05) is 19.3 Å². The van der Waals surface area contributed by atoms with Crippen molar-refractivity contribution in [2.75, 3.05) is 24.8 Å². The molecule has 1 saturated heterocycles. The molecule has 0 bridgehead atoms. The van der Waals surface area contributed by atoms with Crippen LogP contribution in [0.25, 0.3) is 0 Å². The van der Waals surface area contributed by atoms with Crippen molar-refractivity contribution in [3.8, 4) is 0 Å². The molecule has 1 aliphatic rings. The predicted molar refractivity (Wildman–Crippen MR) is 61.5 cm³/mol. The van der Waals surface area contributed by atoms with Gasteiger partial charge in [0.05, 0.1) is 0 Å². The summed E-state index contributed by atoms with van der Waals surface area (Å²) in [6.45, 7) is 0.838. The predicted octanol–water partition coefficient (Wildman–Crippen LogP) is 1.50. The molecule has 1 unspecified atom stereocenters. The average Bonchev–Trinajstić information content (AvgIpc) is 2.75. The Labute approximate surface area is 95.7 Å². The minimum Gasteiger partial charge on any atom is -0.396 e. The molecule has 0 amide bonds.